The number of carbonyl (C=O) groups excluding carboxylic acids is 1. The Morgan fingerprint density at radius 2 is 1.89 bits per heavy atom. The number of carbonyl (C=O) groups is 1. The number of hydrazone groups is 1. The van der Waals surface area contributed by atoms with Gasteiger partial charge in [-0.1, -0.05) is 66.4 Å². The standard InChI is InChI=1S/C29H30ClN3O2/c1-4-5-13-35-28-10-9-23(17-26(28)30)29(34)32-31-18-24-7-6-8-27-25(24)11-12-33(27)19-22-15-20(2)14-21(3)16-22/h6-12,14-18H,4-5,13,19H2,1-3H3,(H,32,34)/b31-18+. The third-order valence-corrected chi connectivity index (χ3v) is 6.10. The van der Waals surface area contributed by atoms with E-state index >= 15 is 0 Å². The minimum Gasteiger partial charge on any atom is -0.492 e. The Labute approximate surface area is 211 Å². The number of hydrogen-bond acceptors (Lipinski definition) is 3. The zero-order valence-electron chi connectivity index (χ0n) is 20.3. The van der Waals surface area contributed by atoms with E-state index in [4.69, 9.17) is 16.3 Å². The first-order valence-electron chi connectivity index (χ1n) is 11.9. The second kappa shape index (κ2) is 11.2. The van der Waals surface area contributed by atoms with Gasteiger partial charge in [-0.15, -0.1) is 0 Å². The molecule has 4 rings (SSSR count). The molecule has 1 heterocycles. The van der Waals surface area contributed by atoms with Gasteiger partial charge in [-0.2, -0.15) is 5.10 Å². The molecule has 0 atom stereocenters. The second-order valence-electron chi connectivity index (χ2n) is 8.77. The van der Waals surface area contributed by atoms with Crippen molar-refractivity contribution in [3.05, 3.63) is 99.7 Å². The molecule has 35 heavy (non-hydrogen) atoms. The lowest BCUT2D eigenvalue weighted by Gasteiger charge is -2.09. The topological polar surface area (TPSA) is 55.6 Å². The predicted octanol–water partition coefficient (Wildman–Crippen LogP) is 6.90. The third-order valence-electron chi connectivity index (χ3n) is 5.80. The molecule has 0 saturated carbocycles. The van der Waals surface area contributed by atoms with Crippen LogP contribution in [0.1, 0.15) is 52.4 Å². The van der Waals surface area contributed by atoms with Gasteiger partial charge in [0.05, 0.1) is 17.8 Å². The summed E-state index contributed by atoms with van der Waals surface area (Å²) in [6.45, 7) is 7.74. The maximum absolute atomic E-state index is 12.6. The van der Waals surface area contributed by atoms with E-state index in [1.54, 1.807) is 24.4 Å². The molecule has 0 aliphatic heterocycles. The lowest BCUT2D eigenvalue weighted by molar-refractivity contribution is 0.0955. The molecule has 0 aliphatic carbocycles. The summed E-state index contributed by atoms with van der Waals surface area (Å²) in [7, 11) is 0. The highest BCUT2D eigenvalue weighted by molar-refractivity contribution is 6.32. The molecule has 1 aromatic heterocycles. The van der Waals surface area contributed by atoms with Crippen LogP contribution in [0.25, 0.3) is 10.9 Å². The fourth-order valence-corrected chi connectivity index (χ4v) is 4.40. The van der Waals surface area contributed by atoms with Crippen LogP contribution in [-0.2, 0) is 6.54 Å². The summed E-state index contributed by atoms with van der Waals surface area (Å²) in [6, 6.07) is 19.8. The van der Waals surface area contributed by atoms with Crippen LogP contribution in [0.3, 0.4) is 0 Å². The second-order valence-corrected chi connectivity index (χ2v) is 9.17. The average Bonchev–Trinajstić information content (AvgIpc) is 3.23. The molecule has 5 nitrogen and oxygen atoms in total. The number of ether oxygens (including phenoxy) is 1. The van der Waals surface area contributed by atoms with Crippen molar-refractivity contribution in [1.82, 2.24) is 9.99 Å². The lowest BCUT2D eigenvalue weighted by Crippen LogP contribution is -2.17. The summed E-state index contributed by atoms with van der Waals surface area (Å²) in [6.07, 6.45) is 5.76. The molecule has 0 aliphatic rings. The molecule has 3 aromatic carbocycles. The van der Waals surface area contributed by atoms with Gasteiger partial charge in [-0.3, -0.25) is 4.79 Å². The zero-order chi connectivity index (χ0) is 24.8. The number of halogens is 1. The number of aryl methyl sites for hydroxylation is 2. The van der Waals surface area contributed by atoms with Crippen LogP contribution in [0.15, 0.2) is 72.0 Å². The maximum atomic E-state index is 12.6. The van der Waals surface area contributed by atoms with Crippen LogP contribution in [-0.4, -0.2) is 23.3 Å². The van der Waals surface area contributed by atoms with E-state index in [0.717, 1.165) is 35.9 Å². The predicted molar refractivity (Wildman–Crippen MR) is 144 cm³/mol. The Balaban J connectivity index is 1.45. The van der Waals surface area contributed by atoms with Crippen molar-refractivity contribution in [2.45, 2.75) is 40.2 Å². The molecule has 6 heteroatoms. The number of aromatic nitrogens is 1. The number of nitrogens with zero attached hydrogens (tertiary/aromatic N) is 2. The fourth-order valence-electron chi connectivity index (χ4n) is 4.17. The Morgan fingerprint density at radius 3 is 2.63 bits per heavy atom. The van der Waals surface area contributed by atoms with Crippen molar-refractivity contribution in [2.24, 2.45) is 5.10 Å². The van der Waals surface area contributed by atoms with Gasteiger partial charge in [0.25, 0.3) is 5.91 Å². The largest absolute Gasteiger partial charge is 0.492 e. The van der Waals surface area contributed by atoms with Crippen LogP contribution in [0.2, 0.25) is 5.02 Å². The molecule has 0 bridgehead atoms. The summed E-state index contributed by atoms with van der Waals surface area (Å²) >= 11 is 6.28. The summed E-state index contributed by atoms with van der Waals surface area (Å²) in [5.41, 5.74) is 8.86. The number of amides is 1. The SMILES string of the molecule is CCCCOc1ccc(C(=O)N/N=C/c2cccc3c2ccn3Cc2cc(C)cc(C)c2)cc1Cl. The molecule has 4 aromatic rings. The van der Waals surface area contributed by atoms with Gasteiger partial charge < -0.3 is 9.30 Å². The van der Waals surface area contributed by atoms with E-state index in [-0.39, 0.29) is 5.91 Å². The van der Waals surface area contributed by atoms with Gasteiger partial charge in [-0.05, 0) is 56.2 Å². The highest BCUT2D eigenvalue weighted by atomic mass is 35.5. The normalized spacial score (nSPS) is 11.3. The molecule has 0 radical (unpaired) electrons. The first-order chi connectivity index (χ1) is 16.9. The molecule has 0 unspecified atom stereocenters. The molecule has 180 valence electrons. The minimum absolute atomic E-state index is 0.331. The van der Waals surface area contributed by atoms with Crippen LogP contribution in [0.4, 0.5) is 0 Å². The van der Waals surface area contributed by atoms with Gasteiger partial charge in [0.1, 0.15) is 5.75 Å². The highest BCUT2D eigenvalue weighted by Gasteiger charge is 2.10. The third kappa shape index (κ3) is 6.11. The van der Waals surface area contributed by atoms with Crippen LogP contribution < -0.4 is 10.2 Å². The van der Waals surface area contributed by atoms with Crippen molar-refractivity contribution in [3.63, 3.8) is 0 Å². The molecule has 0 spiro atoms. The van der Waals surface area contributed by atoms with Gasteiger partial charge in [-0.25, -0.2) is 5.43 Å². The van der Waals surface area contributed by atoms with Crippen LogP contribution in [0, 0.1) is 13.8 Å². The first kappa shape index (κ1) is 24.6. The van der Waals surface area contributed by atoms with Gasteiger partial charge >= 0.3 is 0 Å². The number of benzene rings is 3. The van der Waals surface area contributed by atoms with Gasteiger partial charge in [0.2, 0.25) is 0 Å². The van der Waals surface area contributed by atoms with E-state index in [9.17, 15) is 4.79 Å². The van der Waals surface area contributed by atoms with Crippen molar-refractivity contribution < 1.29 is 9.53 Å². The molecule has 1 N–H and O–H groups in total. The Bertz CT molecular complexity index is 1350. The maximum Gasteiger partial charge on any atom is 0.271 e. The molecular formula is C29H30ClN3O2. The number of hydrogen-bond donors (Lipinski definition) is 1. The zero-order valence-corrected chi connectivity index (χ0v) is 21.1. The van der Waals surface area contributed by atoms with E-state index < -0.39 is 0 Å². The molecular weight excluding hydrogens is 458 g/mol. The minimum atomic E-state index is -0.331. The summed E-state index contributed by atoms with van der Waals surface area (Å²) in [5.74, 6) is 0.250. The number of rotatable bonds is 9. The van der Waals surface area contributed by atoms with E-state index in [1.165, 1.54) is 16.7 Å². The number of unbranched alkanes of at least 4 members (excludes halogenated alkanes) is 1. The number of fused-ring (bicyclic) bond motifs is 1. The van der Waals surface area contributed by atoms with E-state index in [2.05, 4.69) is 72.4 Å². The van der Waals surface area contributed by atoms with Crippen LogP contribution >= 0.6 is 11.6 Å². The summed E-state index contributed by atoms with van der Waals surface area (Å²) in [5, 5.41) is 5.67. The first-order valence-corrected chi connectivity index (χ1v) is 12.2. The molecule has 0 saturated heterocycles. The molecule has 1 amide bonds. The van der Waals surface area contributed by atoms with Crippen molar-refractivity contribution >= 4 is 34.6 Å². The Kier molecular flexibility index (Phi) is 7.88. The van der Waals surface area contributed by atoms with Crippen molar-refractivity contribution in [1.29, 1.82) is 0 Å². The quantitative estimate of drug-likeness (QED) is 0.158. The summed E-state index contributed by atoms with van der Waals surface area (Å²) < 4.78 is 7.88. The van der Waals surface area contributed by atoms with Gasteiger partial charge in [0, 0.05) is 34.8 Å². The van der Waals surface area contributed by atoms with E-state index in [0.29, 0.717) is 22.9 Å². The monoisotopic (exact) mass is 487 g/mol. The molecule has 0 fully saturated rings. The summed E-state index contributed by atoms with van der Waals surface area (Å²) in [4.78, 5) is 12.6. The van der Waals surface area contributed by atoms with Crippen molar-refractivity contribution in [2.75, 3.05) is 6.61 Å². The average molecular weight is 488 g/mol. The Hall–Kier alpha value is -3.57. The Morgan fingerprint density at radius 1 is 1.09 bits per heavy atom. The van der Waals surface area contributed by atoms with Gasteiger partial charge in [0.15, 0.2) is 0 Å². The number of nitrogens with one attached hydrogen (secondary N) is 1. The fraction of sp³-hybridized carbons (Fsp3) is 0.241. The van der Waals surface area contributed by atoms with Crippen LogP contribution in [0.5, 0.6) is 5.75 Å². The van der Waals surface area contributed by atoms with Crippen molar-refractivity contribution in [3.8, 4) is 5.75 Å². The highest BCUT2D eigenvalue weighted by Crippen LogP contribution is 2.26. The van der Waals surface area contributed by atoms with E-state index in [1.807, 2.05) is 12.1 Å². The lowest BCUT2D eigenvalue weighted by atomic mass is 10.1. The smallest absolute Gasteiger partial charge is 0.271 e.